The fourth-order valence-corrected chi connectivity index (χ4v) is 2.80. The maximum atomic E-state index is 11.0. The second kappa shape index (κ2) is 6.38. The first-order chi connectivity index (χ1) is 9.16. The van der Waals surface area contributed by atoms with Crippen LogP contribution in [0.3, 0.4) is 0 Å². The van der Waals surface area contributed by atoms with Crippen LogP contribution in [0.25, 0.3) is 0 Å². The number of pyridine rings is 1. The summed E-state index contributed by atoms with van der Waals surface area (Å²) in [6.07, 6.45) is 1.51. The Hall–Kier alpha value is -1.81. The van der Waals surface area contributed by atoms with Crippen LogP contribution < -0.4 is 0 Å². The van der Waals surface area contributed by atoms with E-state index < -0.39 is 5.97 Å². The van der Waals surface area contributed by atoms with E-state index in [0.29, 0.717) is 5.75 Å². The van der Waals surface area contributed by atoms with Crippen molar-refractivity contribution >= 4 is 17.7 Å². The summed E-state index contributed by atoms with van der Waals surface area (Å²) in [5.41, 5.74) is 3.42. The molecule has 0 unspecified atom stereocenters. The Morgan fingerprint density at radius 2 is 2.11 bits per heavy atom. The number of carboxylic acid groups (broad SMARTS) is 1. The highest BCUT2D eigenvalue weighted by Crippen LogP contribution is 2.20. The molecule has 98 valence electrons. The van der Waals surface area contributed by atoms with Gasteiger partial charge in [0.25, 0.3) is 0 Å². The van der Waals surface area contributed by atoms with Gasteiger partial charge >= 0.3 is 5.97 Å². The second-order valence-electron chi connectivity index (χ2n) is 4.30. The highest BCUT2D eigenvalue weighted by molar-refractivity contribution is 7.97. The first kappa shape index (κ1) is 13.6. The smallest absolute Gasteiger partial charge is 0.354 e. The van der Waals surface area contributed by atoms with Gasteiger partial charge in [-0.3, -0.25) is 0 Å². The molecule has 1 aromatic carbocycles. The molecule has 1 aromatic heterocycles. The first-order valence-corrected chi connectivity index (χ1v) is 7.13. The van der Waals surface area contributed by atoms with Gasteiger partial charge in [0.2, 0.25) is 0 Å². The minimum absolute atomic E-state index is 0.152. The minimum Gasteiger partial charge on any atom is -0.477 e. The molecule has 0 fully saturated rings. The summed E-state index contributed by atoms with van der Waals surface area (Å²) in [5.74, 6) is 0.561. The summed E-state index contributed by atoms with van der Waals surface area (Å²) >= 11 is 1.70. The normalized spacial score (nSPS) is 10.4. The van der Waals surface area contributed by atoms with Gasteiger partial charge in [0.15, 0.2) is 5.69 Å². The number of hydrogen-bond donors (Lipinski definition) is 1. The zero-order chi connectivity index (χ0) is 13.7. The summed E-state index contributed by atoms with van der Waals surface area (Å²) < 4.78 is 0. The average molecular weight is 273 g/mol. The highest BCUT2D eigenvalue weighted by Gasteiger charge is 2.10. The molecule has 0 aliphatic rings. The van der Waals surface area contributed by atoms with Gasteiger partial charge in [-0.05, 0) is 24.1 Å². The van der Waals surface area contributed by atoms with E-state index in [1.807, 2.05) is 12.1 Å². The number of nitrogens with zero attached hydrogens (tertiary/aromatic N) is 1. The predicted molar refractivity (Wildman–Crippen MR) is 77.4 cm³/mol. The van der Waals surface area contributed by atoms with Crippen LogP contribution in [-0.4, -0.2) is 16.1 Å². The zero-order valence-electron chi connectivity index (χ0n) is 10.7. The van der Waals surface area contributed by atoms with Crippen LogP contribution in [0.2, 0.25) is 0 Å². The molecule has 0 aliphatic heterocycles. The molecule has 0 saturated heterocycles. The van der Waals surface area contributed by atoms with Crippen molar-refractivity contribution in [2.24, 2.45) is 0 Å². The third-order valence-electron chi connectivity index (χ3n) is 2.70. The van der Waals surface area contributed by atoms with Crippen LogP contribution in [0, 0.1) is 6.92 Å². The van der Waals surface area contributed by atoms with E-state index in [-0.39, 0.29) is 5.69 Å². The van der Waals surface area contributed by atoms with E-state index in [1.54, 1.807) is 17.8 Å². The Morgan fingerprint density at radius 3 is 2.84 bits per heavy atom. The number of thioether (sulfide) groups is 1. The lowest BCUT2D eigenvalue weighted by atomic mass is 10.2. The average Bonchev–Trinajstić information content (AvgIpc) is 2.39. The van der Waals surface area contributed by atoms with Crippen molar-refractivity contribution in [3.05, 3.63) is 65.0 Å². The number of carboxylic acids is 1. The molecule has 1 N–H and O–H groups in total. The molecule has 2 aromatic rings. The quantitative estimate of drug-likeness (QED) is 0.905. The number of benzene rings is 1. The van der Waals surface area contributed by atoms with E-state index in [4.69, 9.17) is 5.11 Å². The Bertz CT molecular complexity index is 584. The second-order valence-corrected chi connectivity index (χ2v) is 5.28. The Kier molecular flexibility index (Phi) is 4.58. The number of carbonyl (C=O) groups is 1. The molecule has 0 aliphatic carbocycles. The third-order valence-corrected chi connectivity index (χ3v) is 3.76. The zero-order valence-corrected chi connectivity index (χ0v) is 11.5. The van der Waals surface area contributed by atoms with Crippen LogP contribution in [0.4, 0.5) is 0 Å². The lowest BCUT2D eigenvalue weighted by Gasteiger charge is -2.05. The molecule has 4 heteroatoms. The van der Waals surface area contributed by atoms with Crippen molar-refractivity contribution < 1.29 is 9.90 Å². The van der Waals surface area contributed by atoms with Crippen molar-refractivity contribution in [3.63, 3.8) is 0 Å². The van der Waals surface area contributed by atoms with Crippen molar-refractivity contribution in [1.82, 2.24) is 4.98 Å². The molecule has 19 heavy (non-hydrogen) atoms. The molecule has 0 spiro atoms. The van der Waals surface area contributed by atoms with Gasteiger partial charge in [-0.25, -0.2) is 9.78 Å². The van der Waals surface area contributed by atoms with Crippen LogP contribution in [0.15, 0.2) is 42.6 Å². The number of aryl methyl sites for hydroxylation is 1. The van der Waals surface area contributed by atoms with E-state index in [1.165, 1.54) is 17.3 Å². The van der Waals surface area contributed by atoms with Crippen LogP contribution in [-0.2, 0) is 11.5 Å². The monoisotopic (exact) mass is 273 g/mol. The SMILES string of the molecule is Cc1cccc(CSCc2cccnc2C(=O)O)c1. The largest absolute Gasteiger partial charge is 0.477 e. The maximum absolute atomic E-state index is 11.0. The third kappa shape index (κ3) is 3.83. The van der Waals surface area contributed by atoms with Crippen molar-refractivity contribution in [3.8, 4) is 0 Å². The summed E-state index contributed by atoms with van der Waals surface area (Å²) in [6.45, 7) is 2.07. The number of rotatable bonds is 5. The minimum atomic E-state index is -0.966. The van der Waals surface area contributed by atoms with Gasteiger partial charge in [0.05, 0.1) is 0 Å². The molecule has 0 atom stereocenters. The maximum Gasteiger partial charge on any atom is 0.354 e. The van der Waals surface area contributed by atoms with Gasteiger partial charge < -0.3 is 5.11 Å². The van der Waals surface area contributed by atoms with Gasteiger partial charge in [-0.2, -0.15) is 11.8 Å². The molecular weight excluding hydrogens is 258 g/mol. The fraction of sp³-hybridized carbons (Fsp3) is 0.200. The standard InChI is InChI=1S/C15H15NO2S/c1-11-4-2-5-12(8-11)9-19-10-13-6-3-7-16-14(13)15(17)18/h2-8H,9-10H2,1H3,(H,17,18). The molecule has 0 saturated carbocycles. The first-order valence-electron chi connectivity index (χ1n) is 5.97. The predicted octanol–water partition coefficient (Wildman–Crippen LogP) is 3.52. The Balaban J connectivity index is 1.98. The van der Waals surface area contributed by atoms with Crippen molar-refractivity contribution in [1.29, 1.82) is 0 Å². The van der Waals surface area contributed by atoms with Gasteiger partial charge in [0.1, 0.15) is 0 Å². The lowest BCUT2D eigenvalue weighted by molar-refractivity contribution is 0.0689. The Labute approximate surface area is 116 Å². The molecule has 0 bridgehead atoms. The number of aromatic carboxylic acids is 1. The number of hydrogen-bond acceptors (Lipinski definition) is 3. The van der Waals surface area contributed by atoms with E-state index in [2.05, 4.69) is 30.1 Å². The summed E-state index contributed by atoms with van der Waals surface area (Å²) in [6, 6.07) is 11.9. The molecule has 3 nitrogen and oxygen atoms in total. The fourth-order valence-electron chi connectivity index (χ4n) is 1.83. The van der Waals surface area contributed by atoms with Gasteiger partial charge in [0, 0.05) is 17.7 Å². The lowest BCUT2D eigenvalue weighted by Crippen LogP contribution is -2.04. The number of aromatic nitrogens is 1. The molecule has 0 amide bonds. The molecule has 1 heterocycles. The van der Waals surface area contributed by atoms with Crippen molar-refractivity contribution in [2.45, 2.75) is 18.4 Å². The van der Waals surface area contributed by atoms with Gasteiger partial charge in [-0.1, -0.05) is 35.9 Å². The van der Waals surface area contributed by atoms with Crippen LogP contribution in [0.1, 0.15) is 27.2 Å². The van der Waals surface area contributed by atoms with E-state index >= 15 is 0 Å². The van der Waals surface area contributed by atoms with Crippen LogP contribution in [0.5, 0.6) is 0 Å². The summed E-state index contributed by atoms with van der Waals surface area (Å²) in [7, 11) is 0. The summed E-state index contributed by atoms with van der Waals surface area (Å²) in [5, 5.41) is 9.05. The van der Waals surface area contributed by atoms with E-state index in [0.717, 1.165) is 11.3 Å². The Morgan fingerprint density at radius 1 is 1.26 bits per heavy atom. The topological polar surface area (TPSA) is 50.2 Å². The van der Waals surface area contributed by atoms with Crippen LogP contribution >= 0.6 is 11.8 Å². The van der Waals surface area contributed by atoms with Gasteiger partial charge in [-0.15, -0.1) is 0 Å². The molecule has 2 rings (SSSR count). The molecular formula is C15H15NO2S. The summed E-state index contributed by atoms with van der Waals surface area (Å²) in [4.78, 5) is 14.9. The highest BCUT2D eigenvalue weighted by atomic mass is 32.2. The molecule has 0 radical (unpaired) electrons. The van der Waals surface area contributed by atoms with E-state index in [9.17, 15) is 4.79 Å². The van der Waals surface area contributed by atoms with Crippen molar-refractivity contribution in [2.75, 3.05) is 0 Å².